The molecular formula is C14H19N5O2. The van der Waals surface area contributed by atoms with Crippen LogP contribution in [-0.2, 0) is 11.3 Å². The Balaban J connectivity index is 1.89. The molecule has 21 heavy (non-hydrogen) atoms. The van der Waals surface area contributed by atoms with E-state index in [2.05, 4.69) is 15.3 Å². The van der Waals surface area contributed by atoms with Crippen molar-refractivity contribution in [3.8, 4) is 0 Å². The summed E-state index contributed by atoms with van der Waals surface area (Å²) in [7, 11) is 0. The molecule has 2 aromatic rings. The van der Waals surface area contributed by atoms with Crippen LogP contribution in [0.2, 0.25) is 0 Å². The highest BCUT2D eigenvalue weighted by atomic mass is 16.5. The van der Waals surface area contributed by atoms with E-state index in [1.54, 1.807) is 10.9 Å². The molecule has 1 saturated heterocycles. The van der Waals surface area contributed by atoms with Crippen molar-refractivity contribution in [2.24, 2.45) is 0 Å². The third-order valence-electron chi connectivity index (χ3n) is 3.77. The van der Waals surface area contributed by atoms with Crippen molar-refractivity contribution in [1.29, 1.82) is 0 Å². The van der Waals surface area contributed by atoms with Gasteiger partial charge in [-0.15, -0.1) is 0 Å². The zero-order chi connectivity index (χ0) is 14.8. The number of aromatic amines is 1. The van der Waals surface area contributed by atoms with Crippen molar-refractivity contribution < 1.29 is 9.53 Å². The number of carbonyl (C=O) groups is 1. The lowest BCUT2D eigenvalue weighted by atomic mass is 10.1. The van der Waals surface area contributed by atoms with E-state index in [1.165, 1.54) is 0 Å². The van der Waals surface area contributed by atoms with Crippen LogP contribution in [-0.4, -0.2) is 50.5 Å². The third-order valence-corrected chi connectivity index (χ3v) is 3.77. The largest absolute Gasteiger partial charge is 0.377 e. The second kappa shape index (κ2) is 5.69. The molecule has 1 atom stereocenters. The summed E-state index contributed by atoms with van der Waals surface area (Å²) >= 11 is 0. The Kier molecular flexibility index (Phi) is 3.74. The van der Waals surface area contributed by atoms with Gasteiger partial charge < -0.3 is 9.64 Å². The molecule has 0 bridgehead atoms. The molecule has 1 fully saturated rings. The van der Waals surface area contributed by atoms with Gasteiger partial charge in [0.05, 0.1) is 36.2 Å². The van der Waals surface area contributed by atoms with Gasteiger partial charge in [-0.25, -0.2) is 0 Å². The van der Waals surface area contributed by atoms with Crippen molar-refractivity contribution in [3.63, 3.8) is 0 Å². The predicted molar refractivity (Wildman–Crippen MR) is 75.8 cm³/mol. The van der Waals surface area contributed by atoms with Gasteiger partial charge >= 0.3 is 0 Å². The van der Waals surface area contributed by atoms with E-state index in [0.29, 0.717) is 25.3 Å². The molecule has 1 N–H and O–H groups in total. The summed E-state index contributed by atoms with van der Waals surface area (Å²) in [5, 5.41) is 11.2. The summed E-state index contributed by atoms with van der Waals surface area (Å²) in [6.07, 6.45) is 3.50. The highest BCUT2D eigenvalue weighted by Gasteiger charge is 2.31. The Labute approximate surface area is 122 Å². The van der Waals surface area contributed by atoms with Crippen LogP contribution < -0.4 is 0 Å². The fourth-order valence-corrected chi connectivity index (χ4v) is 2.60. The SMILES string of the molecule is CCn1cc(C(=O)N2CCOC[C@H]2c2ccn[nH]2)c(C)n1. The fourth-order valence-electron chi connectivity index (χ4n) is 2.60. The summed E-state index contributed by atoms with van der Waals surface area (Å²) in [5.74, 6) is -0.00454. The van der Waals surface area contributed by atoms with Crippen LogP contribution >= 0.6 is 0 Å². The molecule has 0 radical (unpaired) electrons. The number of amides is 1. The number of H-pyrrole nitrogens is 1. The number of nitrogens with one attached hydrogen (secondary N) is 1. The van der Waals surface area contributed by atoms with Crippen LogP contribution in [0.5, 0.6) is 0 Å². The van der Waals surface area contributed by atoms with Crippen molar-refractivity contribution in [2.45, 2.75) is 26.4 Å². The molecule has 0 saturated carbocycles. The molecule has 1 aliphatic rings. The van der Waals surface area contributed by atoms with Crippen LogP contribution in [0, 0.1) is 6.92 Å². The van der Waals surface area contributed by atoms with Crippen molar-refractivity contribution in [3.05, 3.63) is 35.4 Å². The highest BCUT2D eigenvalue weighted by Crippen LogP contribution is 2.25. The molecule has 7 heteroatoms. The predicted octanol–water partition coefficient (Wildman–Crippen LogP) is 1.15. The summed E-state index contributed by atoms with van der Waals surface area (Å²) in [4.78, 5) is 14.7. The maximum absolute atomic E-state index is 12.8. The Morgan fingerprint density at radius 1 is 1.57 bits per heavy atom. The maximum atomic E-state index is 12.8. The lowest BCUT2D eigenvalue weighted by molar-refractivity contribution is -0.00395. The summed E-state index contributed by atoms with van der Waals surface area (Å²) < 4.78 is 7.30. The first kappa shape index (κ1) is 13.8. The van der Waals surface area contributed by atoms with Crippen LogP contribution in [0.3, 0.4) is 0 Å². The van der Waals surface area contributed by atoms with Crippen molar-refractivity contribution in [1.82, 2.24) is 24.9 Å². The minimum Gasteiger partial charge on any atom is -0.377 e. The van der Waals surface area contributed by atoms with Gasteiger partial charge in [0.25, 0.3) is 5.91 Å². The van der Waals surface area contributed by atoms with E-state index in [-0.39, 0.29) is 11.9 Å². The first-order valence-electron chi connectivity index (χ1n) is 7.12. The molecule has 1 amide bonds. The van der Waals surface area contributed by atoms with E-state index in [4.69, 9.17) is 4.74 Å². The topological polar surface area (TPSA) is 76.0 Å². The quantitative estimate of drug-likeness (QED) is 0.919. The highest BCUT2D eigenvalue weighted by molar-refractivity contribution is 5.95. The van der Waals surface area contributed by atoms with Crippen LogP contribution in [0.15, 0.2) is 18.5 Å². The number of hydrogen-bond acceptors (Lipinski definition) is 4. The van der Waals surface area contributed by atoms with Crippen LogP contribution in [0.25, 0.3) is 0 Å². The molecule has 7 nitrogen and oxygen atoms in total. The normalized spacial score (nSPS) is 19.0. The summed E-state index contributed by atoms with van der Waals surface area (Å²) in [6.45, 7) is 6.22. The maximum Gasteiger partial charge on any atom is 0.258 e. The third kappa shape index (κ3) is 2.56. The number of ether oxygens (including phenoxy) is 1. The Morgan fingerprint density at radius 3 is 3.10 bits per heavy atom. The zero-order valence-corrected chi connectivity index (χ0v) is 12.2. The average Bonchev–Trinajstić information content (AvgIpc) is 3.16. The second-order valence-electron chi connectivity index (χ2n) is 5.09. The van der Waals surface area contributed by atoms with Crippen LogP contribution in [0.4, 0.5) is 0 Å². The van der Waals surface area contributed by atoms with Gasteiger partial charge in [0.2, 0.25) is 0 Å². The molecule has 0 spiro atoms. The number of aryl methyl sites for hydroxylation is 2. The molecule has 0 aliphatic carbocycles. The van der Waals surface area contributed by atoms with E-state index in [9.17, 15) is 4.79 Å². The van der Waals surface area contributed by atoms with E-state index >= 15 is 0 Å². The first-order valence-corrected chi connectivity index (χ1v) is 7.12. The van der Waals surface area contributed by atoms with Gasteiger partial charge in [-0.2, -0.15) is 10.2 Å². The van der Waals surface area contributed by atoms with Gasteiger partial charge in [0.15, 0.2) is 0 Å². The number of nitrogens with zero attached hydrogens (tertiary/aromatic N) is 4. The van der Waals surface area contributed by atoms with E-state index in [0.717, 1.165) is 17.9 Å². The molecule has 3 heterocycles. The molecular weight excluding hydrogens is 270 g/mol. The Morgan fingerprint density at radius 2 is 2.43 bits per heavy atom. The van der Waals surface area contributed by atoms with Crippen molar-refractivity contribution >= 4 is 5.91 Å². The number of hydrogen-bond donors (Lipinski definition) is 1. The lowest BCUT2D eigenvalue weighted by Gasteiger charge is -2.34. The minimum atomic E-state index is -0.127. The standard InChI is InChI=1S/C14H19N5O2/c1-3-18-8-11(10(2)17-18)14(20)19-6-7-21-9-13(19)12-4-5-15-16-12/h4-5,8,13H,3,6-7,9H2,1-2H3,(H,15,16)/t13-/m0/s1. The first-order chi connectivity index (χ1) is 10.2. The average molecular weight is 289 g/mol. The number of rotatable bonds is 3. The Hall–Kier alpha value is -2.15. The molecule has 2 aromatic heterocycles. The zero-order valence-electron chi connectivity index (χ0n) is 12.2. The molecule has 1 aliphatic heterocycles. The molecule has 0 aromatic carbocycles. The van der Waals surface area contributed by atoms with Gasteiger partial charge in [-0.3, -0.25) is 14.6 Å². The van der Waals surface area contributed by atoms with Crippen molar-refractivity contribution in [2.75, 3.05) is 19.8 Å². The van der Waals surface area contributed by atoms with E-state index in [1.807, 2.05) is 31.0 Å². The van der Waals surface area contributed by atoms with E-state index < -0.39 is 0 Å². The fraction of sp³-hybridized carbons (Fsp3) is 0.500. The van der Waals surface area contributed by atoms with Gasteiger partial charge in [0, 0.05) is 25.5 Å². The number of aromatic nitrogens is 4. The Bertz CT molecular complexity index is 619. The van der Waals surface area contributed by atoms with Gasteiger partial charge in [-0.05, 0) is 19.9 Å². The van der Waals surface area contributed by atoms with Crippen LogP contribution in [0.1, 0.15) is 34.7 Å². The number of morpholine rings is 1. The monoisotopic (exact) mass is 289 g/mol. The van der Waals surface area contributed by atoms with Gasteiger partial charge in [-0.1, -0.05) is 0 Å². The second-order valence-corrected chi connectivity index (χ2v) is 5.09. The minimum absolute atomic E-state index is 0.00454. The summed E-state index contributed by atoms with van der Waals surface area (Å²) in [5.41, 5.74) is 2.31. The smallest absolute Gasteiger partial charge is 0.258 e. The number of carbonyl (C=O) groups excluding carboxylic acids is 1. The molecule has 3 rings (SSSR count). The van der Waals surface area contributed by atoms with Gasteiger partial charge in [0.1, 0.15) is 0 Å². The molecule has 112 valence electrons. The summed E-state index contributed by atoms with van der Waals surface area (Å²) in [6, 6.07) is 1.75. The molecule has 0 unspecified atom stereocenters. The lowest BCUT2D eigenvalue weighted by Crippen LogP contribution is -2.43.